The number of halogens is 3. The molecule has 0 saturated carbocycles. The maximum Gasteiger partial charge on any atom is 0.435 e. The standard InChI is InChI=1S/C11H12F3N5O/c1-20-5-4-19-7-8(6-15-19)16-10-3-2-9(17-18-10)11(12,13)14/h2-3,6-7H,4-5H2,1H3,(H,16,18). The number of alkyl halides is 3. The van der Waals surface area contributed by atoms with Gasteiger partial charge in [0.2, 0.25) is 0 Å². The smallest absolute Gasteiger partial charge is 0.383 e. The van der Waals surface area contributed by atoms with Crippen molar-refractivity contribution in [2.75, 3.05) is 19.0 Å². The van der Waals surface area contributed by atoms with Crippen molar-refractivity contribution in [2.45, 2.75) is 12.7 Å². The van der Waals surface area contributed by atoms with Crippen LogP contribution in [-0.4, -0.2) is 33.7 Å². The fourth-order valence-corrected chi connectivity index (χ4v) is 1.43. The SMILES string of the molecule is COCCn1cc(Nc2ccc(C(F)(F)F)nn2)cn1. The molecule has 0 fully saturated rings. The van der Waals surface area contributed by atoms with Crippen LogP contribution in [0.4, 0.5) is 24.7 Å². The van der Waals surface area contributed by atoms with E-state index < -0.39 is 11.9 Å². The lowest BCUT2D eigenvalue weighted by molar-refractivity contribution is -0.141. The molecule has 0 radical (unpaired) electrons. The van der Waals surface area contributed by atoms with E-state index in [0.717, 1.165) is 6.07 Å². The van der Waals surface area contributed by atoms with Crippen LogP contribution in [0.3, 0.4) is 0 Å². The van der Waals surface area contributed by atoms with Gasteiger partial charge >= 0.3 is 6.18 Å². The van der Waals surface area contributed by atoms with Crippen LogP contribution in [0.1, 0.15) is 5.69 Å². The number of aromatic nitrogens is 4. The van der Waals surface area contributed by atoms with Crippen molar-refractivity contribution in [3.05, 3.63) is 30.2 Å². The average molecular weight is 287 g/mol. The molecule has 0 aliphatic heterocycles. The highest BCUT2D eigenvalue weighted by atomic mass is 19.4. The van der Waals surface area contributed by atoms with Crippen LogP contribution in [0.15, 0.2) is 24.5 Å². The molecular weight excluding hydrogens is 275 g/mol. The predicted octanol–water partition coefficient (Wildman–Crippen LogP) is 2.08. The van der Waals surface area contributed by atoms with Gasteiger partial charge in [0.1, 0.15) is 0 Å². The minimum atomic E-state index is -4.49. The Morgan fingerprint density at radius 3 is 2.70 bits per heavy atom. The van der Waals surface area contributed by atoms with Crippen molar-refractivity contribution in [3.8, 4) is 0 Å². The molecule has 20 heavy (non-hydrogen) atoms. The number of nitrogens with zero attached hydrogens (tertiary/aromatic N) is 4. The van der Waals surface area contributed by atoms with E-state index in [0.29, 0.717) is 18.8 Å². The van der Waals surface area contributed by atoms with Gasteiger partial charge in [-0.2, -0.15) is 18.3 Å². The number of nitrogens with one attached hydrogen (secondary N) is 1. The van der Waals surface area contributed by atoms with Gasteiger partial charge in [-0.25, -0.2) is 0 Å². The predicted molar refractivity (Wildman–Crippen MR) is 64.4 cm³/mol. The van der Waals surface area contributed by atoms with Crippen LogP contribution >= 0.6 is 0 Å². The van der Waals surface area contributed by atoms with Crippen molar-refractivity contribution in [1.82, 2.24) is 20.0 Å². The fraction of sp³-hybridized carbons (Fsp3) is 0.364. The van der Waals surface area contributed by atoms with Crippen LogP contribution in [0.5, 0.6) is 0 Å². The zero-order chi connectivity index (χ0) is 14.6. The highest BCUT2D eigenvalue weighted by Crippen LogP contribution is 2.27. The third-order valence-corrected chi connectivity index (χ3v) is 2.39. The Bertz CT molecular complexity index is 552. The van der Waals surface area contributed by atoms with Crippen LogP contribution < -0.4 is 5.32 Å². The molecule has 0 unspecified atom stereocenters. The topological polar surface area (TPSA) is 64.9 Å². The zero-order valence-corrected chi connectivity index (χ0v) is 10.6. The summed E-state index contributed by atoms with van der Waals surface area (Å²) in [6.45, 7) is 1.10. The molecule has 0 saturated heterocycles. The van der Waals surface area contributed by atoms with Crippen LogP contribution in [-0.2, 0) is 17.5 Å². The molecule has 1 N–H and O–H groups in total. The number of hydrogen-bond acceptors (Lipinski definition) is 5. The Hall–Kier alpha value is -2.16. The first-order valence-corrected chi connectivity index (χ1v) is 5.68. The lowest BCUT2D eigenvalue weighted by atomic mass is 10.4. The van der Waals surface area contributed by atoms with E-state index in [1.807, 2.05) is 0 Å². The number of hydrogen-bond donors (Lipinski definition) is 1. The lowest BCUT2D eigenvalue weighted by Crippen LogP contribution is -2.09. The molecule has 2 aromatic heterocycles. The number of ether oxygens (including phenoxy) is 1. The van der Waals surface area contributed by atoms with Gasteiger partial charge < -0.3 is 10.1 Å². The van der Waals surface area contributed by atoms with Gasteiger partial charge in [-0.1, -0.05) is 0 Å². The summed E-state index contributed by atoms with van der Waals surface area (Å²) in [4.78, 5) is 0. The second-order valence-electron chi connectivity index (χ2n) is 3.91. The average Bonchev–Trinajstić information content (AvgIpc) is 2.83. The summed E-state index contributed by atoms with van der Waals surface area (Å²) < 4.78 is 43.5. The summed E-state index contributed by atoms with van der Waals surface area (Å²) in [5.41, 5.74) is -0.422. The van der Waals surface area contributed by atoms with Gasteiger partial charge in [0.25, 0.3) is 0 Å². The van der Waals surface area contributed by atoms with Crippen molar-refractivity contribution in [2.24, 2.45) is 0 Å². The molecule has 0 aliphatic carbocycles. The Labute approximate surface area is 112 Å². The maximum atomic E-state index is 12.3. The van der Waals surface area contributed by atoms with Crippen molar-refractivity contribution < 1.29 is 17.9 Å². The maximum absolute atomic E-state index is 12.3. The van der Waals surface area contributed by atoms with Crippen LogP contribution in [0, 0.1) is 0 Å². The van der Waals surface area contributed by atoms with E-state index >= 15 is 0 Å². The quantitative estimate of drug-likeness (QED) is 0.912. The zero-order valence-electron chi connectivity index (χ0n) is 10.6. The Morgan fingerprint density at radius 2 is 2.10 bits per heavy atom. The molecule has 6 nitrogen and oxygen atoms in total. The summed E-state index contributed by atoms with van der Waals surface area (Å²) in [5.74, 6) is 0.212. The van der Waals surface area contributed by atoms with Crippen molar-refractivity contribution in [1.29, 1.82) is 0 Å². The Kier molecular flexibility index (Phi) is 4.18. The molecule has 0 aliphatic rings. The summed E-state index contributed by atoms with van der Waals surface area (Å²) in [6.07, 6.45) is -1.26. The largest absolute Gasteiger partial charge is 0.435 e. The van der Waals surface area contributed by atoms with E-state index in [4.69, 9.17) is 4.74 Å². The summed E-state index contributed by atoms with van der Waals surface area (Å²) in [6, 6.07) is 2.08. The van der Waals surface area contributed by atoms with E-state index in [1.165, 1.54) is 12.3 Å². The first-order valence-electron chi connectivity index (χ1n) is 5.68. The fourth-order valence-electron chi connectivity index (χ4n) is 1.43. The molecule has 9 heteroatoms. The second-order valence-corrected chi connectivity index (χ2v) is 3.91. The minimum absolute atomic E-state index is 0.212. The summed E-state index contributed by atoms with van der Waals surface area (Å²) >= 11 is 0. The van der Waals surface area contributed by atoms with E-state index in [2.05, 4.69) is 20.6 Å². The molecule has 2 rings (SSSR count). The molecular formula is C11H12F3N5O. The van der Waals surface area contributed by atoms with Gasteiger partial charge in [-0.15, -0.1) is 10.2 Å². The highest BCUT2D eigenvalue weighted by molar-refractivity contribution is 5.53. The van der Waals surface area contributed by atoms with E-state index in [9.17, 15) is 13.2 Å². The third kappa shape index (κ3) is 3.67. The number of rotatable bonds is 5. The molecule has 0 atom stereocenters. The van der Waals surface area contributed by atoms with Gasteiger partial charge in [0, 0.05) is 13.3 Å². The number of anilines is 2. The summed E-state index contributed by atoms with van der Waals surface area (Å²) in [5, 5.41) is 13.5. The minimum Gasteiger partial charge on any atom is -0.383 e. The van der Waals surface area contributed by atoms with E-state index in [1.54, 1.807) is 18.0 Å². The monoisotopic (exact) mass is 287 g/mol. The molecule has 0 aromatic carbocycles. The first kappa shape index (κ1) is 14.3. The van der Waals surface area contributed by atoms with Crippen LogP contribution in [0.2, 0.25) is 0 Å². The molecule has 2 aromatic rings. The molecule has 2 heterocycles. The first-order chi connectivity index (χ1) is 9.49. The lowest BCUT2D eigenvalue weighted by Gasteiger charge is -2.05. The molecule has 0 spiro atoms. The van der Waals surface area contributed by atoms with Crippen molar-refractivity contribution in [3.63, 3.8) is 0 Å². The molecule has 0 bridgehead atoms. The Morgan fingerprint density at radius 1 is 1.30 bits per heavy atom. The summed E-state index contributed by atoms with van der Waals surface area (Å²) in [7, 11) is 1.58. The number of methoxy groups -OCH3 is 1. The third-order valence-electron chi connectivity index (χ3n) is 2.39. The van der Waals surface area contributed by atoms with Crippen LogP contribution in [0.25, 0.3) is 0 Å². The normalized spacial score (nSPS) is 11.6. The van der Waals surface area contributed by atoms with Gasteiger partial charge in [0.15, 0.2) is 11.5 Å². The van der Waals surface area contributed by atoms with Gasteiger partial charge in [0.05, 0.1) is 25.0 Å². The second kappa shape index (κ2) is 5.87. The van der Waals surface area contributed by atoms with Gasteiger partial charge in [-0.05, 0) is 12.1 Å². The highest BCUT2D eigenvalue weighted by Gasteiger charge is 2.32. The molecule has 108 valence electrons. The molecule has 0 amide bonds. The Balaban J connectivity index is 2.01. The van der Waals surface area contributed by atoms with E-state index in [-0.39, 0.29) is 5.82 Å². The van der Waals surface area contributed by atoms with Crippen molar-refractivity contribution >= 4 is 11.5 Å². The van der Waals surface area contributed by atoms with Gasteiger partial charge in [-0.3, -0.25) is 4.68 Å².